The fraction of sp³-hybridized carbons (Fsp3) is 0.182. The summed E-state index contributed by atoms with van der Waals surface area (Å²) < 4.78 is -3.39. The fourth-order valence-corrected chi connectivity index (χ4v) is 10.7. The second-order valence-corrected chi connectivity index (χ2v) is 16.3. The summed E-state index contributed by atoms with van der Waals surface area (Å²) in [4.78, 5) is 50.9. The van der Waals surface area contributed by atoms with Crippen LogP contribution in [0.2, 0.25) is 0 Å². The average Bonchev–Trinajstić information content (AvgIpc) is 3.13. The second-order valence-electron chi connectivity index (χ2n) is 8.26. The van der Waals surface area contributed by atoms with Gasteiger partial charge in [-0.3, -0.25) is 29.8 Å². The highest BCUT2D eigenvalue weighted by Crippen LogP contribution is 2.60. The minimum atomic E-state index is -1.37. The maximum absolute atomic E-state index is 12.8. The van der Waals surface area contributed by atoms with Crippen molar-refractivity contribution in [1.29, 1.82) is 0 Å². The maximum atomic E-state index is 12.8. The Labute approximate surface area is 271 Å². The van der Waals surface area contributed by atoms with Crippen molar-refractivity contribution in [2.24, 2.45) is 0 Å². The summed E-state index contributed by atoms with van der Waals surface area (Å²) in [5.74, 6) is -1.97. The number of imide groups is 2. The lowest BCUT2D eigenvalue weighted by molar-refractivity contribution is -0.126. The average molecular weight is 1000 g/mol. The first-order chi connectivity index (χ1) is 16.6. The van der Waals surface area contributed by atoms with Crippen molar-refractivity contribution in [2.75, 3.05) is 0 Å². The van der Waals surface area contributed by atoms with E-state index in [1.165, 1.54) is 0 Å². The third kappa shape index (κ3) is 3.37. The van der Waals surface area contributed by atoms with Crippen molar-refractivity contribution in [2.45, 2.75) is 17.3 Å². The van der Waals surface area contributed by atoms with E-state index in [2.05, 4.69) is 138 Å². The Morgan fingerprint density at radius 1 is 0.583 bits per heavy atom. The standard InChI is InChI=1S/C22H8Br8N2O4/c23-11-9(5-19(27)15(33)31-17(35)21(19,29)13(11)25)7-2-1-3-8(4-7)10-6-20(28)16(34)32-18(36)22(20,30)14(26)12(10)24/h1-6H,(H,31,33,35)(H,32,34,36). The van der Waals surface area contributed by atoms with E-state index in [0.717, 1.165) is 11.1 Å². The molecule has 2 aliphatic carbocycles. The quantitative estimate of drug-likeness (QED) is 0.268. The van der Waals surface area contributed by atoms with E-state index in [1.807, 2.05) is 24.3 Å². The molecule has 2 heterocycles. The smallest absolute Gasteiger partial charge is 0.250 e. The third-order valence-electron chi connectivity index (χ3n) is 6.38. The van der Waals surface area contributed by atoms with Crippen LogP contribution in [0.5, 0.6) is 0 Å². The number of hydrogen-bond acceptors (Lipinski definition) is 4. The highest BCUT2D eigenvalue weighted by Gasteiger charge is 2.68. The molecule has 0 aromatic heterocycles. The highest BCUT2D eigenvalue weighted by molar-refractivity contribution is 9.17. The lowest BCUT2D eigenvalue weighted by Gasteiger charge is -2.36. The van der Waals surface area contributed by atoms with Crippen LogP contribution in [0.15, 0.2) is 54.3 Å². The molecule has 186 valence electrons. The van der Waals surface area contributed by atoms with Crippen LogP contribution in [0.25, 0.3) is 11.1 Å². The molecule has 5 rings (SSSR count). The van der Waals surface area contributed by atoms with E-state index in [-0.39, 0.29) is 0 Å². The van der Waals surface area contributed by atoms with Crippen LogP contribution in [-0.4, -0.2) is 40.9 Å². The van der Waals surface area contributed by atoms with Crippen LogP contribution >= 0.6 is 127 Å². The number of carbonyl (C=O) groups is 4. The number of carbonyl (C=O) groups excluding carboxylic acids is 4. The van der Waals surface area contributed by atoms with Gasteiger partial charge in [0.15, 0.2) is 17.3 Å². The number of allylic oxidation sites excluding steroid dienone is 4. The molecule has 4 atom stereocenters. The molecule has 2 saturated heterocycles. The minimum Gasteiger partial charge on any atom is -0.293 e. The zero-order chi connectivity index (χ0) is 26.6. The summed E-state index contributed by atoms with van der Waals surface area (Å²) in [5.41, 5.74) is 2.79. The van der Waals surface area contributed by atoms with E-state index in [4.69, 9.17) is 0 Å². The van der Waals surface area contributed by atoms with Gasteiger partial charge in [0.2, 0.25) is 11.8 Å². The number of hydrogen-bond donors (Lipinski definition) is 2. The van der Waals surface area contributed by atoms with Crippen molar-refractivity contribution < 1.29 is 19.2 Å². The largest absolute Gasteiger partial charge is 0.293 e. The molecule has 6 nitrogen and oxygen atoms in total. The van der Waals surface area contributed by atoms with Crippen molar-refractivity contribution in [1.82, 2.24) is 10.6 Å². The van der Waals surface area contributed by atoms with Gasteiger partial charge in [0.1, 0.15) is 0 Å². The molecule has 1 aromatic carbocycles. The van der Waals surface area contributed by atoms with Gasteiger partial charge < -0.3 is 0 Å². The molecular weight excluding hydrogens is 995 g/mol. The molecule has 0 bridgehead atoms. The molecule has 4 aliphatic rings. The zero-order valence-electron chi connectivity index (χ0n) is 17.1. The van der Waals surface area contributed by atoms with Crippen molar-refractivity contribution in [3.8, 4) is 0 Å². The monoisotopic (exact) mass is 995 g/mol. The third-order valence-corrected chi connectivity index (χ3v) is 18.3. The topological polar surface area (TPSA) is 92.3 Å². The number of rotatable bonds is 2. The van der Waals surface area contributed by atoms with Crippen LogP contribution in [0, 0.1) is 0 Å². The van der Waals surface area contributed by atoms with E-state index in [0.29, 0.717) is 29.1 Å². The molecule has 2 N–H and O–H groups in total. The van der Waals surface area contributed by atoms with E-state index in [9.17, 15) is 19.2 Å². The van der Waals surface area contributed by atoms with Crippen molar-refractivity contribution in [3.63, 3.8) is 0 Å². The van der Waals surface area contributed by atoms with E-state index in [1.54, 1.807) is 12.2 Å². The molecule has 4 amide bonds. The lowest BCUT2D eigenvalue weighted by Crippen LogP contribution is -2.48. The van der Waals surface area contributed by atoms with Gasteiger partial charge in [-0.1, -0.05) is 114 Å². The normalized spacial score (nSPS) is 35.9. The first-order valence-corrected chi connectivity index (χ1v) is 16.1. The Balaban J connectivity index is 1.67. The SMILES string of the molecule is O=C1NC(=O)C2(Br)C(Br)=C(Br)C(c3cccc(C4=CC5(Br)C(=O)NC(=O)C5(Br)C(Br)=C4Br)c3)=CC12Br. The number of fused-ring (bicyclic) bond motifs is 2. The van der Waals surface area contributed by atoms with Crippen molar-refractivity contribution in [3.05, 3.63) is 65.5 Å². The number of alkyl halides is 4. The van der Waals surface area contributed by atoms with Crippen LogP contribution in [-0.2, 0) is 19.2 Å². The summed E-state index contributed by atoms with van der Waals surface area (Å²) in [6.45, 7) is 0. The van der Waals surface area contributed by atoms with Gasteiger partial charge in [-0.2, -0.15) is 0 Å². The maximum Gasteiger partial charge on any atom is 0.250 e. The lowest BCUT2D eigenvalue weighted by atomic mass is 9.83. The van der Waals surface area contributed by atoms with Gasteiger partial charge in [0.05, 0.1) is 0 Å². The molecule has 0 radical (unpaired) electrons. The zero-order valence-corrected chi connectivity index (χ0v) is 29.8. The molecular formula is C22H8Br8N2O4. The Morgan fingerprint density at radius 3 is 1.31 bits per heavy atom. The van der Waals surface area contributed by atoms with Crippen LogP contribution in [0.3, 0.4) is 0 Å². The fourth-order valence-electron chi connectivity index (χ4n) is 4.39. The summed E-state index contributed by atoms with van der Waals surface area (Å²) in [6, 6.07) is 7.45. The number of halogens is 8. The predicted molar refractivity (Wildman–Crippen MR) is 165 cm³/mol. The Kier molecular flexibility index (Phi) is 6.89. The number of amides is 4. The van der Waals surface area contributed by atoms with Crippen molar-refractivity contribution >= 4 is 162 Å². The van der Waals surface area contributed by atoms with E-state index < -0.39 is 40.9 Å². The van der Waals surface area contributed by atoms with Gasteiger partial charge in [-0.25, -0.2) is 0 Å². The first-order valence-electron chi connectivity index (χ1n) is 9.80. The molecule has 4 unspecified atom stereocenters. The highest BCUT2D eigenvalue weighted by atomic mass is 79.9. The van der Waals surface area contributed by atoms with E-state index >= 15 is 0 Å². The Bertz CT molecular complexity index is 1380. The summed E-state index contributed by atoms with van der Waals surface area (Å²) in [7, 11) is 0. The number of nitrogens with one attached hydrogen (secondary N) is 2. The van der Waals surface area contributed by atoms with Gasteiger partial charge in [0, 0.05) is 17.9 Å². The van der Waals surface area contributed by atoms with Gasteiger partial charge in [-0.05, 0) is 72.4 Å². The minimum absolute atomic E-state index is 0.448. The van der Waals surface area contributed by atoms with Gasteiger partial charge in [-0.15, -0.1) is 0 Å². The Hall–Kier alpha value is 0.300. The summed E-state index contributed by atoms with van der Waals surface area (Å²) in [5, 5.41) is 4.74. The van der Waals surface area contributed by atoms with Crippen LogP contribution in [0.1, 0.15) is 11.1 Å². The predicted octanol–water partition coefficient (Wildman–Crippen LogP) is 6.33. The number of benzene rings is 1. The molecule has 2 fully saturated rings. The molecule has 2 aliphatic heterocycles. The Morgan fingerprint density at radius 2 is 0.944 bits per heavy atom. The van der Waals surface area contributed by atoms with Crippen LogP contribution in [0.4, 0.5) is 0 Å². The molecule has 14 heteroatoms. The summed E-state index contributed by atoms with van der Waals surface area (Å²) >= 11 is 28.1. The molecule has 36 heavy (non-hydrogen) atoms. The van der Waals surface area contributed by atoms with Gasteiger partial charge >= 0.3 is 0 Å². The van der Waals surface area contributed by atoms with Crippen LogP contribution < -0.4 is 10.6 Å². The molecule has 0 saturated carbocycles. The molecule has 0 spiro atoms. The second kappa shape index (κ2) is 8.90. The first kappa shape index (κ1) is 27.9. The summed E-state index contributed by atoms with van der Waals surface area (Å²) in [6.07, 6.45) is 3.37. The molecule has 1 aromatic rings. The van der Waals surface area contributed by atoms with Gasteiger partial charge in [0.25, 0.3) is 11.8 Å².